The average Bonchev–Trinajstić information content (AvgIpc) is 2.39. The van der Waals surface area contributed by atoms with Gasteiger partial charge in [-0.05, 0) is 55.9 Å². The third kappa shape index (κ3) is 4.32. The lowest BCUT2D eigenvalue weighted by Crippen LogP contribution is -2.32. The van der Waals surface area contributed by atoms with Crippen molar-refractivity contribution in [2.24, 2.45) is 5.92 Å². The number of hydrogen-bond acceptors (Lipinski definition) is 1. The van der Waals surface area contributed by atoms with Gasteiger partial charge in [0.1, 0.15) is 0 Å². The molecule has 4 heteroatoms. The molecule has 1 aromatic rings. The van der Waals surface area contributed by atoms with Crippen LogP contribution in [0.5, 0.6) is 0 Å². The summed E-state index contributed by atoms with van der Waals surface area (Å²) in [6.07, 6.45) is 4.91. The Bertz CT molecular complexity index is 461. The fourth-order valence-electron chi connectivity index (χ4n) is 2.54. The van der Waals surface area contributed by atoms with Crippen molar-refractivity contribution in [2.45, 2.75) is 37.4 Å². The highest BCUT2D eigenvalue weighted by atomic mass is 79.9. The van der Waals surface area contributed by atoms with Crippen molar-refractivity contribution in [2.75, 3.05) is 6.54 Å². The van der Waals surface area contributed by atoms with Crippen LogP contribution in [0.1, 0.15) is 41.6 Å². The van der Waals surface area contributed by atoms with Gasteiger partial charge in [0.25, 0.3) is 5.91 Å². The SMILES string of the molecule is Cc1cc(C(=O)NCC2CCCC(Br)C2)ccc1Br. The van der Waals surface area contributed by atoms with Gasteiger partial charge in [0, 0.05) is 21.4 Å². The Hall–Kier alpha value is -0.350. The molecule has 0 aromatic heterocycles. The zero-order valence-electron chi connectivity index (χ0n) is 11.1. The summed E-state index contributed by atoms with van der Waals surface area (Å²) < 4.78 is 1.04. The number of amides is 1. The van der Waals surface area contributed by atoms with E-state index in [2.05, 4.69) is 37.2 Å². The van der Waals surface area contributed by atoms with Crippen molar-refractivity contribution < 1.29 is 4.79 Å². The smallest absolute Gasteiger partial charge is 0.251 e. The maximum Gasteiger partial charge on any atom is 0.251 e. The minimum absolute atomic E-state index is 0.0345. The molecule has 0 saturated heterocycles. The number of carbonyl (C=O) groups excluding carboxylic acids is 1. The summed E-state index contributed by atoms with van der Waals surface area (Å²) in [5.74, 6) is 0.644. The fraction of sp³-hybridized carbons (Fsp3) is 0.533. The van der Waals surface area contributed by atoms with Crippen molar-refractivity contribution in [3.63, 3.8) is 0 Å². The summed E-state index contributed by atoms with van der Waals surface area (Å²) in [6.45, 7) is 2.79. The number of rotatable bonds is 3. The minimum atomic E-state index is 0.0345. The molecule has 1 fully saturated rings. The molecule has 0 spiro atoms. The molecule has 1 aliphatic carbocycles. The summed E-state index contributed by atoms with van der Waals surface area (Å²) in [7, 11) is 0. The second kappa shape index (κ2) is 6.89. The molecule has 1 aliphatic rings. The molecule has 1 N–H and O–H groups in total. The highest BCUT2D eigenvalue weighted by molar-refractivity contribution is 9.10. The van der Waals surface area contributed by atoms with Gasteiger partial charge in [0.05, 0.1) is 0 Å². The van der Waals surface area contributed by atoms with E-state index in [-0.39, 0.29) is 5.91 Å². The first-order chi connectivity index (χ1) is 9.06. The van der Waals surface area contributed by atoms with Crippen molar-refractivity contribution in [1.29, 1.82) is 0 Å². The number of hydrogen-bond donors (Lipinski definition) is 1. The third-order valence-corrected chi connectivity index (χ3v) is 5.41. The van der Waals surface area contributed by atoms with Gasteiger partial charge in [-0.2, -0.15) is 0 Å². The molecule has 0 bridgehead atoms. The van der Waals surface area contributed by atoms with Crippen molar-refractivity contribution in [3.05, 3.63) is 33.8 Å². The van der Waals surface area contributed by atoms with E-state index in [1.165, 1.54) is 25.7 Å². The van der Waals surface area contributed by atoms with E-state index >= 15 is 0 Å². The fourth-order valence-corrected chi connectivity index (χ4v) is 3.63. The van der Waals surface area contributed by atoms with Crippen LogP contribution in [0.4, 0.5) is 0 Å². The van der Waals surface area contributed by atoms with E-state index in [1.54, 1.807) is 0 Å². The second-order valence-corrected chi connectivity index (χ2v) is 7.45. The molecule has 2 rings (SSSR count). The lowest BCUT2D eigenvalue weighted by molar-refractivity contribution is 0.0944. The van der Waals surface area contributed by atoms with Crippen LogP contribution in [-0.4, -0.2) is 17.3 Å². The molecule has 2 atom stereocenters. The average molecular weight is 389 g/mol. The van der Waals surface area contributed by atoms with Gasteiger partial charge in [-0.25, -0.2) is 0 Å². The van der Waals surface area contributed by atoms with E-state index in [4.69, 9.17) is 0 Å². The Morgan fingerprint density at radius 1 is 1.42 bits per heavy atom. The first kappa shape index (κ1) is 15.0. The van der Waals surface area contributed by atoms with Gasteiger partial charge >= 0.3 is 0 Å². The second-order valence-electron chi connectivity index (χ2n) is 5.30. The Morgan fingerprint density at radius 2 is 2.21 bits per heavy atom. The predicted molar refractivity (Wildman–Crippen MR) is 85.9 cm³/mol. The Labute approximate surface area is 131 Å². The zero-order valence-corrected chi connectivity index (χ0v) is 14.3. The van der Waals surface area contributed by atoms with Crippen LogP contribution < -0.4 is 5.32 Å². The van der Waals surface area contributed by atoms with Crippen LogP contribution in [0.25, 0.3) is 0 Å². The molecule has 104 valence electrons. The number of alkyl halides is 1. The highest BCUT2D eigenvalue weighted by Gasteiger charge is 2.20. The molecule has 1 saturated carbocycles. The molecule has 2 nitrogen and oxygen atoms in total. The van der Waals surface area contributed by atoms with Gasteiger partial charge in [-0.1, -0.05) is 38.3 Å². The number of aryl methyl sites for hydroxylation is 1. The highest BCUT2D eigenvalue weighted by Crippen LogP contribution is 2.28. The predicted octanol–water partition coefficient (Wildman–Crippen LogP) is 4.44. The van der Waals surface area contributed by atoms with Gasteiger partial charge in [0.2, 0.25) is 0 Å². The number of halogens is 2. The van der Waals surface area contributed by atoms with Crippen LogP contribution in [0.3, 0.4) is 0 Å². The van der Waals surface area contributed by atoms with Crippen molar-refractivity contribution in [1.82, 2.24) is 5.32 Å². The Kier molecular flexibility index (Phi) is 5.46. The largest absolute Gasteiger partial charge is 0.352 e. The zero-order chi connectivity index (χ0) is 13.8. The number of nitrogens with one attached hydrogen (secondary N) is 1. The summed E-state index contributed by atoms with van der Waals surface area (Å²) in [4.78, 5) is 12.7. The summed E-state index contributed by atoms with van der Waals surface area (Å²) in [5.41, 5.74) is 1.83. The maximum atomic E-state index is 12.1. The standard InChI is InChI=1S/C15H19Br2NO/c1-10-7-12(5-6-14(10)17)15(19)18-9-11-3-2-4-13(16)8-11/h5-7,11,13H,2-4,8-9H2,1H3,(H,18,19). The van der Waals surface area contributed by atoms with Gasteiger partial charge < -0.3 is 5.32 Å². The van der Waals surface area contributed by atoms with Crippen LogP contribution in [0.15, 0.2) is 22.7 Å². The van der Waals surface area contributed by atoms with E-state index in [0.717, 1.165) is 22.1 Å². The minimum Gasteiger partial charge on any atom is -0.352 e. The van der Waals surface area contributed by atoms with Gasteiger partial charge in [0.15, 0.2) is 0 Å². The molecule has 0 heterocycles. The van der Waals surface area contributed by atoms with Gasteiger partial charge in [-0.3, -0.25) is 4.79 Å². The molecule has 19 heavy (non-hydrogen) atoms. The third-order valence-electron chi connectivity index (χ3n) is 3.69. The van der Waals surface area contributed by atoms with Crippen molar-refractivity contribution in [3.8, 4) is 0 Å². The van der Waals surface area contributed by atoms with Crippen LogP contribution in [-0.2, 0) is 0 Å². The molecule has 1 amide bonds. The maximum absolute atomic E-state index is 12.1. The topological polar surface area (TPSA) is 29.1 Å². The number of carbonyl (C=O) groups is 1. The molecular formula is C15H19Br2NO. The summed E-state index contributed by atoms with van der Waals surface area (Å²) in [6, 6.07) is 5.72. The quantitative estimate of drug-likeness (QED) is 0.762. The molecule has 0 radical (unpaired) electrons. The molecule has 0 aliphatic heterocycles. The first-order valence-electron chi connectivity index (χ1n) is 6.74. The van der Waals surface area contributed by atoms with Crippen LogP contribution >= 0.6 is 31.9 Å². The van der Waals surface area contributed by atoms with Crippen LogP contribution in [0, 0.1) is 12.8 Å². The Morgan fingerprint density at radius 3 is 2.89 bits per heavy atom. The molecule has 2 unspecified atom stereocenters. The summed E-state index contributed by atoms with van der Waals surface area (Å²) >= 11 is 7.13. The van der Waals surface area contributed by atoms with E-state index in [9.17, 15) is 4.79 Å². The van der Waals surface area contributed by atoms with E-state index < -0.39 is 0 Å². The van der Waals surface area contributed by atoms with E-state index in [1.807, 2.05) is 25.1 Å². The lowest BCUT2D eigenvalue weighted by atomic mass is 9.89. The van der Waals surface area contributed by atoms with Crippen LogP contribution in [0.2, 0.25) is 0 Å². The lowest BCUT2D eigenvalue weighted by Gasteiger charge is -2.25. The summed E-state index contributed by atoms with van der Waals surface area (Å²) in [5, 5.41) is 3.06. The molecule has 1 aromatic carbocycles. The Balaban J connectivity index is 1.88. The monoisotopic (exact) mass is 387 g/mol. The van der Waals surface area contributed by atoms with Crippen molar-refractivity contribution >= 4 is 37.8 Å². The first-order valence-corrected chi connectivity index (χ1v) is 8.45. The van der Waals surface area contributed by atoms with Gasteiger partial charge in [-0.15, -0.1) is 0 Å². The van der Waals surface area contributed by atoms with E-state index in [0.29, 0.717) is 10.7 Å². The normalized spacial score (nSPS) is 23.1. The molecular weight excluding hydrogens is 370 g/mol. The number of benzene rings is 1.